The first-order valence-corrected chi connectivity index (χ1v) is 11.1. The Hall–Kier alpha value is -3.04. The summed E-state index contributed by atoms with van der Waals surface area (Å²) in [6, 6.07) is 13.2. The molecule has 5 nitrogen and oxygen atoms in total. The van der Waals surface area contributed by atoms with Gasteiger partial charge in [-0.25, -0.2) is 8.78 Å². The third kappa shape index (κ3) is 4.67. The van der Waals surface area contributed by atoms with Gasteiger partial charge in [-0.3, -0.25) is 19.3 Å². The molecule has 1 fully saturated rings. The summed E-state index contributed by atoms with van der Waals surface area (Å²) < 4.78 is 27.9. The fourth-order valence-electron chi connectivity index (χ4n) is 3.20. The molecule has 31 heavy (non-hydrogen) atoms. The average molecular weight is 459 g/mol. The first-order valence-electron chi connectivity index (χ1n) is 9.28. The second-order valence-electron chi connectivity index (χ2n) is 6.80. The van der Waals surface area contributed by atoms with Crippen molar-refractivity contribution in [3.8, 4) is 0 Å². The summed E-state index contributed by atoms with van der Waals surface area (Å²) in [5.41, 5.74) is 0.835. The van der Waals surface area contributed by atoms with Gasteiger partial charge in [0.15, 0.2) is 0 Å². The molecule has 2 aromatic carbocycles. The molecule has 0 bridgehead atoms. The Morgan fingerprint density at radius 3 is 2.58 bits per heavy atom. The Balaban J connectivity index is 1.65. The number of thioether (sulfide) groups is 1. The third-order valence-corrected chi connectivity index (χ3v) is 6.41. The number of amides is 3. The van der Waals surface area contributed by atoms with Crippen LogP contribution in [0.2, 0.25) is 0 Å². The maximum atomic E-state index is 14.5. The largest absolute Gasteiger partial charge is 0.300 e. The summed E-state index contributed by atoms with van der Waals surface area (Å²) in [4.78, 5) is 40.3. The van der Waals surface area contributed by atoms with Gasteiger partial charge in [0.1, 0.15) is 11.6 Å². The number of halogens is 2. The summed E-state index contributed by atoms with van der Waals surface area (Å²) in [7, 11) is 0. The lowest BCUT2D eigenvalue weighted by Gasteiger charge is -2.23. The molecular weight excluding hydrogens is 442 g/mol. The van der Waals surface area contributed by atoms with Crippen molar-refractivity contribution >= 4 is 45.8 Å². The van der Waals surface area contributed by atoms with Crippen LogP contribution in [0.15, 0.2) is 60.0 Å². The van der Waals surface area contributed by atoms with Crippen LogP contribution in [0, 0.1) is 11.6 Å². The van der Waals surface area contributed by atoms with E-state index in [9.17, 15) is 23.2 Å². The number of thiophene rings is 1. The van der Waals surface area contributed by atoms with Gasteiger partial charge in [0.05, 0.1) is 24.5 Å². The Bertz CT molecular complexity index is 1140. The van der Waals surface area contributed by atoms with E-state index < -0.39 is 17.5 Å². The molecule has 0 aliphatic carbocycles. The monoisotopic (exact) mass is 458 g/mol. The molecule has 0 saturated carbocycles. The van der Waals surface area contributed by atoms with Crippen LogP contribution in [-0.4, -0.2) is 27.7 Å². The molecule has 0 unspecified atom stereocenters. The van der Waals surface area contributed by atoms with Gasteiger partial charge in [-0.15, -0.1) is 11.3 Å². The van der Waals surface area contributed by atoms with E-state index in [0.717, 1.165) is 33.7 Å². The summed E-state index contributed by atoms with van der Waals surface area (Å²) >= 11 is 2.36. The third-order valence-electron chi connectivity index (χ3n) is 4.69. The lowest BCUT2D eigenvalue weighted by molar-refractivity contribution is -0.125. The molecule has 4 rings (SSSR count). The summed E-state index contributed by atoms with van der Waals surface area (Å²) in [5.74, 6) is -2.22. The minimum Gasteiger partial charge on any atom is -0.300 e. The fraction of sp³-hybridized carbons (Fsp3) is 0.136. The number of carbonyl (C=O) groups is 3. The molecule has 1 aliphatic heterocycles. The van der Waals surface area contributed by atoms with Crippen molar-refractivity contribution in [2.45, 2.75) is 13.1 Å². The maximum absolute atomic E-state index is 14.5. The minimum atomic E-state index is -0.841. The Kier molecular flexibility index (Phi) is 6.15. The number of imide groups is 1. The van der Waals surface area contributed by atoms with Gasteiger partial charge >= 0.3 is 0 Å². The van der Waals surface area contributed by atoms with Gasteiger partial charge in [-0.2, -0.15) is 0 Å². The highest BCUT2D eigenvalue weighted by atomic mass is 32.2. The van der Waals surface area contributed by atoms with Crippen molar-refractivity contribution in [2.24, 2.45) is 0 Å². The van der Waals surface area contributed by atoms with Crippen LogP contribution >= 0.6 is 23.1 Å². The van der Waals surface area contributed by atoms with Gasteiger partial charge in [0.25, 0.3) is 11.1 Å². The predicted molar refractivity (Wildman–Crippen MR) is 116 cm³/mol. The van der Waals surface area contributed by atoms with Gasteiger partial charge in [-0.05, 0) is 41.3 Å². The van der Waals surface area contributed by atoms with Crippen molar-refractivity contribution < 1.29 is 23.2 Å². The van der Waals surface area contributed by atoms with E-state index in [1.54, 1.807) is 24.3 Å². The van der Waals surface area contributed by atoms with Gasteiger partial charge in [0, 0.05) is 16.5 Å². The van der Waals surface area contributed by atoms with Gasteiger partial charge in [0.2, 0.25) is 5.91 Å². The zero-order chi connectivity index (χ0) is 22.0. The van der Waals surface area contributed by atoms with Crippen LogP contribution in [-0.2, 0) is 17.9 Å². The Morgan fingerprint density at radius 2 is 1.90 bits per heavy atom. The highest BCUT2D eigenvalue weighted by Gasteiger charge is 2.30. The van der Waals surface area contributed by atoms with E-state index in [0.29, 0.717) is 5.56 Å². The quantitative estimate of drug-likeness (QED) is 0.518. The molecule has 1 aromatic heterocycles. The Morgan fingerprint density at radius 1 is 1.06 bits per heavy atom. The summed E-state index contributed by atoms with van der Waals surface area (Å²) in [6.45, 7) is 0.171. The molecule has 158 valence electrons. The van der Waals surface area contributed by atoms with Gasteiger partial charge < -0.3 is 4.90 Å². The number of anilines is 1. The molecule has 0 radical (unpaired) electrons. The number of carbonyl (C=O) groups excluding carboxylic acids is 3. The van der Waals surface area contributed by atoms with Crippen LogP contribution in [0.25, 0.3) is 0 Å². The van der Waals surface area contributed by atoms with Crippen molar-refractivity contribution in [1.29, 1.82) is 0 Å². The molecule has 0 spiro atoms. The SMILES string of the molecule is O=C1CSC(=O)N1Cc1cccc(C(=O)N(Cc2cccs2)c2ccc(F)cc2F)c1. The highest BCUT2D eigenvalue weighted by molar-refractivity contribution is 8.14. The van der Waals surface area contributed by atoms with Crippen LogP contribution < -0.4 is 4.90 Å². The van der Waals surface area contributed by atoms with E-state index in [2.05, 4.69) is 0 Å². The normalized spacial score (nSPS) is 13.7. The number of nitrogens with zero attached hydrogens (tertiary/aromatic N) is 2. The van der Waals surface area contributed by atoms with Crippen molar-refractivity contribution in [3.05, 3.63) is 87.6 Å². The Labute approximate surface area is 185 Å². The average Bonchev–Trinajstić information content (AvgIpc) is 3.38. The second kappa shape index (κ2) is 8.99. The highest BCUT2D eigenvalue weighted by Crippen LogP contribution is 2.27. The lowest BCUT2D eigenvalue weighted by atomic mass is 10.1. The zero-order valence-electron chi connectivity index (χ0n) is 16.1. The number of hydrogen-bond donors (Lipinski definition) is 0. The van der Waals surface area contributed by atoms with E-state index in [1.165, 1.54) is 22.3 Å². The summed E-state index contributed by atoms with van der Waals surface area (Å²) in [6.07, 6.45) is 0. The topological polar surface area (TPSA) is 57.7 Å². The number of hydrogen-bond acceptors (Lipinski definition) is 5. The molecule has 3 amide bonds. The molecule has 1 saturated heterocycles. The maximum Gasteiger partial charge on any atom is 0.289 e. The lowest BCUT2D eigenvalue weighted by Crippen LogP contribution is -2.31. The second-order valence-corrected chi connectivity index (χ2v) is 8.76. The minimum absolute atomic E-state index is 0.0356. The molecule has 3 aromatic rings. The van der Waals surface area contributed by atoms with E-state index in [4.69, 9.17) is 0 Å². The van der Waals surface area contributed by atoms with Crippen molar-refractivity contribution in [3.63, 3.8) is 0 Å². The molecule has 9 heteroatoms. The molecular formula is C22H16F2N2O3S2. The standard InChI is InChI=1S/C22H16F2N2O3S2/c23-16-6-7-19(18(24)10-16)25(12-17-5-2-8-30-17)21(28)15-4-1-3-14(9-15)11-26-20(27)13-31-22(26)29/h1-10H,11-13H2. The summed E-state index contributed by atoms with van der Waals surface area (Å²) in [5, 5.41) is 1.52. The first-order chi connectivity index (χ1) is 14.9. The van der Waals surface area contributed by atoms with Crippen LogP contribution in [0.4, 0.5) is 19.3 Å². The first kappa shape index (κ1) is 21.2. The van der Waals surface area contributed by atoms with E-state index >= 15 is 0 Å². The fourth-order valence-corrected chi connectivity index (χ4v) is 4.62. The molecule has 0 atom stereocenters. The van der Waals surface area contributed by atoms with Crippen LogP contribution in [0.1, 0.15) is 20.8 Å². The molecule has 1 aliphatic rings. The zero-order valence-corrected chi connectivity index (χ0v) is 17.7. The van der Waals surface area contributed by atoms with Crippen LogP contribution in [0.3, 0.4) is 0 Å². The van der Waals surface area contributed by atoms with Crippen molar-refractivity contribution in [2.75, 3.05) is 10.7 Å². The smallest absolute Gasteiger partial charge is 0.289 e. The van der Waals surface area contributed by atoms with Gasteiger partial charge in [-0.1, -0.05) is 30.0 Å². The molecule has 2 heterocycles. The van der Waals surface area contributed by atoms with Crippen molar-refractivity contribution in [1.82, 2.24) is 4.90 Å². The molecule has 0 N–H and O–H groups in total. The van der Waals surface area contributed by atoms with Crippen LogP contribution in [0.5, 0.6) is 0 Å². The predicted octanol–water partition coefficient (Wildman–Crippen LogP) is 5.07. The number of benzene rings is 2. The van der Waals surface area contributed by atoms with E-state index in [-0.39, 0.29) is 41.2 Å². The van der Waals surface area contributed by atoms with E-state index in [1.807, 2.05) is 17.5 Å². The number of rotatable bonds is 6.